The maximum Gasteiger partial charge on any atom is 0.416 e. The molecule has 0 saturated heterocycles. The van der Waals surface area contributed by atoms with Crippen molar-refractivity contribution in [3.63, 3.8) is 0 Å². The van der Waals surface area contributed by atoms with E-state index in [0.717, 1.165) is 23.0 Å². The van der Waals surface area contributed by atoms with Crippen molar-refractivity contribution in [2.45, 2.75) is 23.6 Å². The van der Waals surface area contributed by atoms with E-state index in [2.05, 4.69) is 16.5 Å². The molecular weight excluding hydrogens is 399 g/mol. The van der Waals surface area contributed by atoms with Crippen molar-refractivity contribution in [2.24, 2.45) is 0 Å². The van der Waals surface area contributed by atoms with Crippen LogP contribution in [0.15, 0.2) is 71.1 Å². The van der Waals surface area contributed by atoms with E-state index in [4.69, 9.17) is 0 Å². The van der Waals surface area contributed by atoms with E-state index in [-0.39, 0.29) is 17.9 Å². The minimum atomic E-state index is -4.40. The molecule has 0 aliphatic rings. The van der Waals surface area contributed by atoms with Crippen molar-refractivity contribution in [1.29, 1.82) is 0 Å². The molecule has 4 nitrogen and oxygen atoms in total. The van der Waals surface area contributed by atoms with Gasteiger partial charge in [-0.3, -0.25) is 9.36 Å². The van der Waals surface area contributed by atoms with Crippen LogP contribution in [0.1, 0.15) is 11.1 Å². The number of allylic oxidation sites excluding steroid dienone is 1. The zero-order valence-corrected chi connectivity index (χ0v) is 16.0. The first-order valence-electron chi connectivity index (χ1n) is 8.79. The normalized spacial score (nSPS) is 12.0. The average Bonchev–Trinajstić information content (AvgIpc) is 3.07. The summed E-state index contributed by atoms with van der Waals surface area (Å²) in [5.41, 5.74) is 1.33. The number of H-pyrrole nitrogens is 1. The van der Waals surface area contributed by atoms with Crippen LogP contribution >= 0.6 is 11.8 Å². The maximum absolute atomic E-state index is 13.0. The number of thioether (sulfide) groups is 1. The number of rotatable bonds is 5. The first-order valence-corrected chi connectivity index (χ1v) is 9.78. The molecule has 0 atom stereocenters. The lowest BCUT2D eigenvalue weighted by Crippen LogP contribution is -2.22. The van der Waals surface area contributed by atoms with Gasteiger partial charge in [0.25, 0.3) is 5.56 Å². The number of para-hydroxylation sites is 1. The van der Waals surface area contributed by atoms with Crippen LogP contribution in [-0.4, -0.2) is 14.5 Å². The fourth-order valence-electron chi connectivity index (χ4n) is 3.16. The van der Waals surface area contributed by atoms with Gasteiger partial charge in [0.05, 0.1) is 5.56 Å². The summed E-state index contributed by atoms with van der Waals surface area (Å²) in [6.07, 6.45) is -2.81. The van der Waals surface area contributed by atoms with E-state index in [1.54, 1.807) is 12.1 Å². The van der Waals surface area contributed by atoms with Crippen molar-refractivity contribution < 1.29 is 13.2 Å². The van der Waals surface area contributed by atoms with Gasteiger partial charge in [0.15, 0.2) is 5.16 Å². The Bertz CT molecular complexity index is 1270. The van der Waals surface area contributed by atoms with Gasteiger partial charge in [0, 0.05) is 23.2 Å². The Morgan fingerprint density at radius 2 is 1.97 bits per heavy atom. The number of hydrogen-bond donors (Lipinski definition) is 1. The second-order valence-electron chi connectivity index (χ2n) is 6.48. The number of halogens is 3. The molecule has 29 heavy (non-hydrogen) atoms. The molecule has 0 aliphatic carbocycles. The van der Waals surface area contributed by atoms with E-state index >= 15 is 0 Å². The third-order valence-electron chi connectivity index (χ3n) is 4.51. The highest BCUT2D eigenvalue weighted by atomic mass is 32.2. The van der Waals surface area contributed by atoms with Gasteiger partial charge >= 0.3 is 6.18 Å². The maximum atomic E-state index is 13.0. The number of nitrogens with one attached hydrogen (secondary N) is 1. The van der Waals surface area contributed by atoms with Crippen LogP contribution in [0.2, 0.25) is 0 Å². The largest absolute Gasteiger partial charge is 0.416 e. The van der Waals surface area contributed by atoms with Crippen LogP contribution < -0.4 is 5.56 Å². The molecule has 2 aromatic heterocycles. The molecule has 8 heteroatoms. The van der Waals surface area contributed by atoms with Crippen molar-refractivity contribution in [3.8, 4) is 0 Å². The minimum absolute atomic E-state index is 0.238. The summed E-state index contributed by atoms with van der Waals surface area (Å²) < 4.78 is 40.3. The number of fused-ring (bicyclic) bond motifs is 3. The third-order valence-corrected chi connectivity index (χ3v) is 5.56. The molecule has 4 aromatic rings. The van der Waals surface area contributed by atoms with Crippen molar-refractivity contribution in [1.82, 2.24) is 14.5 Å². The Morgan fingerprint density at radius 1 is 1.17 bits per heavy atom. The summed E-state index contributed by atoms with van der Waals surface area (Å²) >= 11 is 1.22. The Balaban J connectivity index is 1.76. The molecule has 0 amide bonds. The first-order chi connectivity index (χ1) is 13.9. The summed E-state index contributed by atoms with van der Waals surface area (Å²) in [5, 5.41) is 1.26. The molecule has 0 radical (unpaired) electrons. The highest BCUT2D eigenvalue weighted by Crippen LogP contribution is 2.31. The first kappa shape index (κ1) is 19.3. The van der Waals surface area contributed by atoms with Gasteiger partial charge in [0.1, 0.15) is 11.0 Å². The molecule has 0 saturated carbocycles. The predicted octanol–water partition coefficient (Wildman–Crippen LogP) is 5.37. The van der Waals surface area contributed by atoms with Crippen LogP contribution in [-0.2, 0) is 18.5 Å². The van der Waals surface area contributed by atoms with Crippen molar-refractivity contribution >= 4 is 33.7 Å². The van der Waals surface area contributed by atoms with Gasteiger partial charge in [-0.05, 0) is 17.7 Å². The standard InChI is InChI=1S/C21H16F3N3OS/c1-2-10-27-19(28)18-17(15-8-3-4-9-16(15)25-18)26-20(27)29-12-13-6-5-7-14(11-13)21(22,23)24/h2-9,11,25H,1,10,12H2. The zero-order valence-electron chi connectivity index (χ0n) is 15.2. The molecular formula is C21H16F3N3OS. The Kier molecular flexibility index (Phi) is 4.96. The second kappa shape index (κ2) is 7.44. The quantitative estimate of drug-likeness (QED) is 0.271. The van der Waals surface area contributed by atoms with Crippen LogP contribution in [0.5, 0.6) is 0 Å². The minimum Gasteiger partial charge on any atom is -0.349 e. The van der Waals surface area contributed by atoms with Gasteiger partial charge in [-0.25, -0.2) is 4.98 Å². The number of nitrogens with zero attached hydrogens (tertiary/aromatic N) is 2. The summed E-state index contributed by atoms with van der Waals surface area (Å²) in [4.78, 5) is 20.7. The summed E-state index contributed by atoms with van der Waals surface area (Å²) in [7, 11) is 0. The monoisotopic (exact) mass is 415 g/mol. The summed E-state index contributed by atoms with van der Waals surface area (Å²) in [6, 6.07) is 12.6. The Hall–Kier alpha value is -3.00. The van der Waals surface area contributed by atoms with Gasteiger partial charge in [0.2, 0.25) is 0 Å². The lowest BCUT2D eigenvalue weighted by atomic mass is 10.1. The van der Waals surface area contributed by atoms with Gasteiger partial charge in [-0.15, -0.1) is 6.58 Å². The molecule has 148 valence electrons. The number of benzene rings is 2. The van der Waals surface area contributed by atoms with Gasteiger partial charge < -0.3 is 4.98 Å². The van der Waals surface area contributed by atoms with Gasteiger partial charge in [-0.1, -0.05) is 54.2 Å². The topological polar surface area (TPSA) is 50.7 Å². The summed E-state index contributed by atoms with van der Waals surface area (Å²) in [6.45, 7) is 3.94. The van der Waals surface area contributed by atoms with Crippen molar-refractivity contribution in [2.75, 3.05) is 0 Å². The third kappa shape index (κ3) is 3.67. The van der Waals surface area contributed by atoms with E-state index in [1.807, 2.05) is 24.3 Å². The fourth-order valence-corrected chi connectivity index (χ4v) is 4.11. The molecule has 0 spiro atoms. The van der Waals surface area contributed by atoms with Crippen molar-refractivity contribution in [3.05, 3.63) is 82.7 Å². The van der Waals surface area contributed by atoms with Crippen LogP contribution in [0.25, 0.3) is 21.9 Å². The molecule has 1 N–H and O–H groups in total. The van der Waals surface area contributed by atoms with Crippen LogP contribution in [0, 0.1) is 0 Å². The number of aromatic amines is 1. The Labute approximate surface area is 168 Å². The number of hydrogen-bond acceptors (Lipinski definition) is 3. The van der Waals surface area contributed by atoms with E-state index < -0.39 is 11.7 Å². The predicted molar refractivity (Wildman–Crippen MR) is 109 cm³/mol. The molecule has 0 bridgehead atoms. The molecule has 2 heterocycles. The number of aromatic nitrogens is 3. The van der Waals surface area contributed by atoms with E-state index in [1.165, 1.54) is 22.4 Å². The molecule has 0 unspecified atom stereocenters. The lowest BCUT2D eigenvalue weighted by molar-refractivity contribution is -0.137. The number of alkyl halides is 3. The van der Waals surface area contributed by atoms with E-state index in [9.17, 15) is 18.0 Å². The molecule has 4 rings (SSSR count). The second-order valence-corrected chi connectivity index (χ2v) is 7.42. The fraction of sp³-hybridized carbons (Fsp3) is 0.143. The highest BCUT2D eigenvalue weighted by molar-refractivity contribution is 7.98. The smallest absolute Gasteiger partial charge is 0.349 e. The SMILES string of the molecule is C=CCn1c(SCc2cccc(C(F)(F)F)c2)nc2c([nH]c3ccccc32)c1=O. The highest BCUT2D eigenvalue weighted by Gasteiger charge is 2.30. The van der Waals surface area contributed by atoms with Crippen LogP contribution in [0.3, 0.4) is 0 Å². The summed E-state index contributed by atoms with van der Waals surface area (Å²) in [5.74, 6) is 0.251. The molecule has 2 aromatic carbocycles. The van der Waals surface area contributed by atoms with Crippen LogP contribution in [0.4, 0.5) is 13.2 Å². The van der Waals surface area contributed by atoms with Gasteiger partial charge in [-0.2, -0.15) is 13.2 Å². The lowest BCUT2D eigenvalue weighted by Gasteiger charge is -2.11. The molecule has 0 fully saturated rings. The van der Waals surface area contributed by atoms with E-state index in [0.29, 0.717) is 21.8 Å². The zero-order chi connectivity index (χ0) is 20.6. The molecule has 0 aliphatic heterocycles. The Morgan fingerprint density at radius 3 is 2.72 bits per heavy atom. The average molecular weight is 415 g/mol.